The van der Waals surface area contributed by atoms with Crippen molar-refractivity contribution in [1.29, 1.82) is 0 Å². The number of carbonyl (C=O) groups excluding carboxylic acids is 1. The molecule has 118 valence electrons. The summed E-state index contributed by atoms with van der Waals surface area (Å²) in [5.74, 6) is 0.446. The molecular formula is C18H18N2O3. The molecule has 0 bridgehead atoms. The molecule has 0 unspecified atom stereocenters. The van der Waals surface area contributed by atoms with E-state index in [1.807, 2.05) is 42.5 Å². The van der Waals surface area contributed by atoms with Crippen LogP contribution in [-0.4, -0.2) is 24.3 Å². The Bertz CT molecular complexity index is 743. The first-order valence-corrected chi connectivity index (χ1v) is 7.37. The molecule has 2 aromatic carbocycles. The van der Waals surface area contributed by atoms with Crippen molar-refractivity contribution >= 4 is 17.3 Å². The predicted octanol–water partition coefficient (Wildman–Crippen LogP) is 3.22. The molecule has 1 aliphatic heterocycles. The molecule has 0 saturated heterocycles. The van der Waals surface area contributed by atoms with E-state index in [0.717, 1.165) is 11.3 Å². The average molecular weight is 310 g/mol. The molecule has 3 rings (SSSR count). The Balaban J connectivity index is 1.71. The lowest BCUT2D eigenvalue weighted by molar-refractivity contribution is -0.135. The largest absolute Gasteiger partial charge is 0.497 e. The highest BCUT2D eigenvalue weighted by molar-refractivity contribution is 6.07. The van der Waals surface area contributed by atoms with Gasteiger partial charge in [0, 0.05) is 18.2 Å². The first kappa shape index (κ1) is 15.1. The minimum absolute atomic E-state index is 0.236. The Morgan fingerprint density at radius 3 is 2.74 bits per heavy atom. The van der Waals surface area contributed by atoms with E-state index in [-0.39, 0.29) is 5.91 Å². The van der Waals surface area contributed by atoms with E-state index in [1.54, 1.807) is 26.2 Å². The van der Waals surface area contributed by atoms with Crippen LogP contribution in [0.4, 0.5) is 5.69 Å². The average Bonchev–Trinajstić information content (AvgIpc) is 3.00. The maximum Gasteiger partial charge on any atom is 0.271 e. The summed E-state index contributed by atoms with van der Waals surface area (Å²) >= 11 is 0. The van der Waals surface area contributed by atoms with Crippen molar-refractivity contribution in [2.75, 3.05) is 12.4 Å². The lowest BCUT2D eigenvalue weighted by Crippen LogP contribution is -2.40. The summed E-state index contributed by atoms with van der Waals surface area (Å²) in [5, 5.41) is 6.94. The van der Waals surface area contributed by atoms with Crippen molar-refractivity contribution < 1.29 is 14.4 Å². The second kappa shape index (κ2) is 6.12. The minimum Gasteiger partial charge on any atom is -0.497 e. The van der Waals surface area contributed by atoms with E-state index in [1.165, 1.54) is 0 Å². The van der Waals surface area contributed by atoms with Crippen molar-refractivity contribution in [2.24, 2.45) is 5.16 Å². The van der Waals surface area contributed by atoms with Gasteiger partial charge in [0.15, 0.2) is 0 Å². The van der Waals surface area contributed by atoms with E-state index in [4.69, 9.17) is 9.57 Å². The molecule has 5 heteroatoms. The second-order valence-corrected chi connectivity index (χ2v) is 5.59. The molecule has 1 heterocycles. The number of methoxy groups -OCH3 is 1. The van der Waals surface area contributed by atoms with Gasteiger partial charge in [-0.3, -0.25) is 4.79 Å². The number of anilines is 1. The first-order chi connectivity index (χ1) is 11.1. The van der Waals surface area contributed by atoms with Gasteiger partial charge in [-0.15, -0.1) is 0 Å². The molecule has 1 N–H and O–H groups in total. The third kappa shape index (κ3) is 3.18. The lowest BCUT2D eigenvalue weighted by atomic mass is 9.95. The number of nitrogens with zero attached hydrogens (tertiary/aromatic N) is 1. The fourth-order valence-corrected chi connectivity index (χ4v) is 2.41. The molecule has 5 nitrogen and oxygen atoms in total. The monoisotopic (exact) mass is 310 g/mol. The van der Waals surface area contributed by atoms with Crippen LogP contribution in [0.2, 0.25) is 0 Å². The number of hydrogen-bond acceptors (Lipinski definition) is 4. The number of hydrogen-bond donors (Lipinski definition) is 1. The quantitative estimate of drug-likeness (QED) is 0.943. The topological polar surface area (TPSA) is 59.9 Å². The third-order valence-electron chi connectivity index (χ3n) is 3.78. The van der Waals surface area contributed by atoms with Gasteiger partial charge in [0.05, 0.1) is 12.8 Å². The van der Waals surface area contributed by atoms with Gasteiger partial charge in [-0.25, -0.2) is 0 Å². The highest BCUT2D eigenvalue weighted by Gasteiger charge is 2.42. The summed E-state index contributed by atoms with van der Waals surface area (Å²) < 4.78 is 5.16. The van der Waals surface area contributed by atoms with E-state index in [9.17, 15) is 4.79 Å². The summed E-state index contributed by atoms with van der Waals surface area (Å²) in [6.07, 6.45) is 0.423. The molecule has 0 saturated carbocycles. The standard InChI is InChI=1S/C18H18N2O3/c1-18(12-16(20-23-18)13-7-4-3-5-8-13)17(21)19-14-9-6-10-15(11-14)22-2/h3-11H,12H2,1-2H3,(H,19,21)/t18-/m0/s1. The first-order valence-electron chi connectivity index (χ1n) is 7.37. The molecule has 2 aromatic rings. The number of rotatable bonds is 4. The van der Waals surface area contributed by atoms with Gasteiger partial charge in [0.1, 0.15) is 5.75 Å². The van der Waals surface area contributed by atoms with Crippen LogP contribution in [0.3, 0.4) is 0 Å². The van der Waals surface area contributed by atoms with Crippen LogP contribution in [0, 0.1) is 0 Å². The van der Waals surface area contributed by atoms with E-state index >= 15 is 0 Å². The zero-order valence-corrected chi connectivity index (χ0v) is 13.1. The molecule has 0 radical (unpaired) electrons. The van der Waals surface area contributed by atoms with Crippen LogP contribution in [0.1, 0.15) is 18.9 Å². The molecule has 0 spiro atoms. The van der Waals surface area contributed by atoms with Gasteiger partial charge in [-0.1, -0.05) is 41.6 Å². The van der Waals surface area contributed by atoms with Crippen LogP contribution in [0.25, 0.3) is 0 Å². The number of carbonyl (C=O) groups is 1. The molecule has 1 amide bonds. The summed E-state index contributed by atoms with van der Waals surface area (Å²) in [6.45, 7) is 1.74. The summed E-state index contributed by atoms with van der Waals surface area (Å²) in [4.78, 5) is 18.0. The molecule has 23 heavy (non-hydrogen) atoms. The molecule has 0 aliphatic carbocycles. The Morgan fingerprint density at radius 1 is 1.22 bits per heavy atom. The van der Waals surface area contributed by atoms with E-state index in [0.29, 0.717) is 17.9 Å². The molecule has 1 aliphatic rings. The van der Waals surface area contributed by atoms with Gasteiger partial charge in [0.25, 0.3) is 5.91 Å². The van der Waals surface area contributed by atoms with Gasteiger partial charge in [-0.2, -0.15) is 0 Å². The third-order valence-corrected chi connectivity index (χ3v) is 3.78. The van der Waals surface area contributed by atoms with Gasteiger partial charge in [0.2, 0.25) is 5.60 Å². The predicted molar refractivity (Wildman–Crippen MR) is 88.7 cm³/mol. The molecule has 1 atom stereocenters. The SMILES string of the molecule is COc1cccc(NC(=O)[C@]2(C)CC(c3ccccc3)=NO2)c1. The lowest BCUT2D eigenvalue weighted by Gasteiger charge is -2.20. The van der Waals surface area contributed by atoms with Crippen LogP contribution in [0.15, 0.2) is 59.8 Å². The number of benzene rings is 2. The minimum atomic E-state index is -1.02. The zero-order chi connectivity index (χ0) is 16.3. The fourth-order valence-electron chi connectivity index (χ4n) is 2.41. The summed E-state index contributed by atoms with van der Waals surface area (Å²) in [6, 6.07) is 16.9. The van der Waals surface area contributed by atoms with Crippen molar-refractivity contribution in [3.8, 4) is 5.75 Å². The fraction of sp³-hybridized carbons (Fsp3) is 0.222. The summed E-state index contributed by atoms with van der Waals surface area (Å²) in [7, 11) is 1.59. The number of oxime groups is 1. The van der Waals surface area contributed by atoms with Crippen molar-refractivity contribution in [1.82, 2.24) is 0 Å². The van der Waals surface area contributed by atoms with Crippen molar-refractivity contribution in [3.05, 3.63) is 60.2 Å². The van der Waals surface area contributed by atoms with Crippen molar-refractivity contribution in [2.45, 2.75) is 18.9 Å². The van der Waals surface area contributed by atoms with Gasteiger partial charge in [-0.05, 0) is 24.6 Å². The summed E-state index contributed by atoms with van der Waals surface area (Å²) in [5.41, 5.74) is 1.38. The number of nitrogens with one attached hydrogen (secondary N) is 1. The maximum absolute atomic E-state index is 12.6. The Morgan fingerprint density at radius 2 is 2.00 bits per heavy atom. The van der Waals surface area contributed by atoms with Crippen LogP contribution in [0.5, 0.6) is 5.75 Å². The molecule has 0 aromatic heterocycles. The zero-order valence-electron chi connectivity index (χ0n) is 13.1. The van der Waals surface area contributed by atoms with E-state index in [2.05, 4.69) is 10.5 Å². The van der Waals surface area contributed by atoms with Crippen LogP contribution in [-0.2, 0) is 9.63 Å². The second-order valence-electron chi connectivity index (χ2n) is 5.59. The smallest absolute Gasteiger partial charge is 0.271 e. The van der Waals surface area contributed by atoms with Crippen LogP contribution >= 0.6 is 0 Å². The normalized spacial score (nSPS) is 19.7. The highest BCUT2D eigenvalue weighted by Crippen LogP contribution is 2.28. The van der Waals surface area contributed by atoms with Crippen LogP contribution < -0.4 is 10.1 Å². The molecular weight excluding hydrogens is 292 g/mol. The van der Waals surface area contributed by atoms with Crippen molar-refractivity contribution in [3.63, 3.8) is 0 Å². The maximum atomic E-state index is 12.6. The number of amides is 1. The van der Waals surface area contributed by atoms with Gasteiger partial charge >= 0.3 is 0 Å². The Kier molecular flexibility index (Phi) is 4.02. The number of ether oxygens (including phenoxy) is 1. The van der Waals surface area contributed by atoms with E-state index < -0.39 is 5.60 Å². The molecule has 0 fully saturated rings. The Labute approximate surface area is 134 Å². The van der Waals surface area contributed by atoms with Gasteiger partial charge < -0.3 is 14.9 Å². The highest BCUT2D eigenvalue weighted by atomic mass is 16.7. The Hall–Kier alpha value is -2.82.